The first kappa shape index (κ1) is 13.5. The van der Waals surface area contributed by atoms with Gasteiger partial charge in [0, 0.05) is 11.8 Å². The molecule has 19 heavy (non-hydrogen) atoms. The van der Waals surface area contributed by atoms with E-state index in [1.165, 1.54) is 6.07 Å². The van der Waals surface area contributed by atoms with E-state index in [1.54, 1.807) is 31.5 Å². The van der Waals surface area contributed by atoms with Crippen molar-refractivity contribution in [3.63, 3.8) is 0 Å². The van der Waals surface area contributed by atoms with Crippen molar-refractivity contribution >= 4 is 0 Å². The van der Waals surface area contributed by atoms with Crippen LogP contribution < -0.4 is 16.0 Å². The van der Waals surface area contributed by atoms with E-state index in [9.17, 15) is 4.39 Å². The van der Waals surface area contributed by atoms with Gasteiger partial charge in [0.25, 0.3) is 0 Å². The van der Waals surface area contributed by atoms with Crippen LogP contribution in [0.3, 0.4) is 0 Å². The van der Waals surface area contributed by atoms with Gasteiger partial charge in [-0.05, 0) is 30.7 Å². The lowest BCUT2D eigenvalue weighted by molar-refractivity contribution is 0.399. The minimum atomic E-state index is -0.559. The van der Waals surface area contributed by atoms with Crippen molar-refractivity contribution < 1.29 is 9.13 Å². The third kappa shape index (κ3) is 2.72. The van der Waals surface area contributed by atoms with Crippen molar-refractivity contribution in [2.24, 2.45) is 5.84 Å². The monoisotopic (exact) mass is 261 g/mol. The predicted octanol–water partition coefficient (Wildman–Crippen LogP) is 2.09. The van der Waals surface area contributed by atoms with E-state index < -0.39 is 6.04 Å². The molecule has 5 heteroatoms. The average Bonchev–Trinajstić information content (AvgIpc) is 2.42. The molecule has 100 valence electrons. The summed E-state index contributed by atoms with van der Waals surface area (Å²) >= 11 is 0. The van der Waals surface area contributed by atoms with Crippen LogP contribution in [0.5, 0.6) is 5.75 Å². The second-order valence-electron chi connectivity index (χ2n) is 4.22. The predicted molar refractivity (Wildman–Crippen MR) is 71.1 cm³/mol. The summed E-state index contributed by atoms with van der Waals surface area (Å²) in [4.78, 5) is 4.23. The number of nitrogens with two attached hydrogens (primary N) is 1. The SMILES string of the molecule is COc1cccnc1C(NN)c1ccc(C)cc1F. The molecule has 1 aromatic carbocycles. The number of ether oxygens (including phenoxy) is 1. The summed E-state index contributed by atoms with van der Waals surface area (Å²) in [6, 6.07) is 7.95. The number of hydrogen-bond acceptors (Lipinski definition) is 4. The fourth-order valence-electron chi connectivity index (χ4n) is 1.97. The summed E-state index contributed by atoms with van der Waals surface area (Å²) in [7, 11) is 1.54. The van der Waals surface area contributed by atoms with E-state index in [-0.39, 0.29) is 5.82 Å². The van der Waals surface area contributed by atoms with Gasteiger partial charge in [0.1, 0.15) is 17.3 Å². The van der Waals surface area contributed by atoms with Crippen molar-refractivity contribution in [2.75, 3.05) is 7.11 Å². The molecule has 0 amide bonds. The maximum absolute atomic E-state index is 14.0. The topological polar surface area (TPSA) is 60.2 Å². The van der Waals surface area contributed by atoms with E-state index in [1.807, 2.05) is 13.0 Å². The second-order valence-corrected chi connectivity index (χ2v) is 4.22. The van der Waals surface area contributed by atoms with E-state index in [2.05, 4.69) is 10.4 Å². The van der Waals surface area contributed by atoms with Gasteiger partial charge in [0.2, 0.25) is 0 Å². The van der Waals surface area contributed by atoms with Crippen molar-refractivity contribution in [1.82, 2.24) is 10.4 Å². The van der Waals surface area contributed by atoms with Gasteiger partial charge >= 0.3 is 0 Å². The number of nitrogens with zero attached hydrogens (tertiary/aromatic N) is 1. The van der Waals surface area contributed by atoms with Crippen molar-refractivity contribution in [3.05, 3.63) is 59.2 Å². The quantitative estimate of drug-likeness (QED) is 0.653. The Morgan fingerprint density at radius 2 is 2.16 bits per heavy atom. The summed E-state index contributed by atoms with van der Waals surface area (Å²) in [5.41, 5.74) is 4.43. The maximum Gasteiger partial charge on any atom is 0.142 e. The van der Waals surface area contributed by atoms with Gasteiger partial charge in [-0.25, -0.2) is 9.82 Å². The molecule has 0 radical (unpaired) electrons. The summed E-state index contributed by atoms with van der Waals surface area (Å²) in [6.07, 6.45) is 1.62. The number of halogens is 1. The van der Waals surface area contributed by atoms with E-state index in [4.69, 9.17) is 10.6 Å². The maximum atomic E-state index is 14.0. The molecule has 0 aliphatic rings. The van der Waals surface area contributed by atoms with Crippen LogP contribution in [-0.4, -0.2) is 12.1 Å². The molecule has 1 aromatic heterocycles. The lowest BCUT2D eigenvalue weighted by atomic mass is 10.0. The van der Waals surface area contributed by atoms with Gasteiger partial charge < -0.3 is 4.74 Å². The van der Waals surface area contributed by atoms with Crippen LogP contribution in [0.4, 0.5) is 4.39 Å². The molecular weight excluding hydrogens is 245 g/mol. The van der Waals surface area contributed by atoms with Crippen molar-refractivity contribution in [3.8, 4) is 5.75 Å². The largest absolute Gasteiger partial charge is 0.495 e. The Bertz CT molecular complexity index is 574. The van der Waals surface area contributed by atoms with Crippen molar-refractivity contribution in [2.45, 2.75) is 13.0 Å². The average molecular weight is 261 g/mol. The number of methoxy groups -OCH3 is 1. The van der Waals surface area contributed by atoms with Crippen LogP contribution in [0, 0.1) is 12.7 Å². The first-order valence-corrected chi connectivity index (χ1v) is 5.88. The lowest BCUT2D eigenvalue weighted by Gasteiger charge is -2.19. The van der Waals surface area contributed by atoms with Gasteiger partial charge in [0.15, 0.2) is 0 Å². The van der Waals surface area contributed by atoms with Crippen LogP contribution in [-0.2, 0) is 0 Å². The summed E-state index contributed by atoms with van der Waals surface area (Å²) in [5, 5.41) is 0. The molecule has 2 rings (SSSR count). The molecule has 1 unspecified atom stereocenters. The second kappa shape index (κ2) is 5.77. The Labute approximate surface area is 111 Å². The molecule has 0 saturated heterocycles. The third-order valence-corrected chi connectivity index (χ3v) is 2.93. The van der Waals surface area contributed by atoms with Crippen LogP contribution in [0.25, 0.3) is 0 Å². The number of hydrazine groups is 1. The molecular formula is C14H16FN3O. The highest BCUT2D eigenvalue weighted by molar-refractivity contribution is 5.38. The van der Waals surface area contributed by atoms with Gasteiger partial charge in [-0.2, -0.15) is 0 Å². The summed E-state index contributed by atoms with van der Waals surface area (Å²) in [5.74, 6) is 5.79. The molecule has 0 aliphatic carbocycles. The first-order chi connectivity index (χ1) is 9.17. The van der Waals surface area contributed by atoms with E-state index in [0.29, 0.717) is 17.0 Å². The third-order valence-electron chi connectivity index (χ3n) is 2.93. The number of rotatable bonds is 4. The molecule has 0 saturated carbocycles. The molecule has 2 aromatic rings. The molecule has 1 heterocycles. The fourth-order valence-corrected chi connectivity index (χ4v) is 1.97. The van der Waals surface area contributed by atoms with Crippen molar-refractivity contribution in [1.29, 1.82) is 0 Å². The molecule has 0 bridgehead atoms. The van der Waals surface area contributed by atoms with Crippen LogP contribution >= 0.6 is 0 Å². The van der Waals surface area contributed by atoms with Gasteiger partial charge in [-0.1, -0.05) is 12.1 Å². The summed E-state index contributed by atoms with van der Waals surface area (Å²) < 4.78 is 19.3. The standard InChI is InChI=1S/C14H16FN3O/c1-9-5-6-10(11(15)8-9)13(18-16)14-12(19-2)4-3-7-17-14/h3-8,13,18H,16H2,1-2H3. The van der Waals surface area contributed by atoms with E-state index in [0.717, 1.165) is 5.56 Å². The molecule has 1 atom stereocenters. The number of pyridine rings is 1. The molecule has 0 fully saturated rings. The minimum absolute atomic E-state index is 0.323. The summed E-state index contributed by atoms with van der Waals surface area (Å²) in [6.45, 7) is 1.83. The zero-order valence-electron chi connectivity index (χ0n) is 10.9. The van der Waals surface area contributed by atoms with Gasteiger partial charge in [0.05, 0.1) is 13.2 Å². The van der Waals surface area contributed by atoms with Gasteiger partial charge in [-0.15, -0.1) is 0 Å². The highest BCUT2D eigenvalue weighted by Gasteiger charge is 2.21. The lowest BCUT2D eigenvalue weighted by Crippen LogP contribution is -2.30. The molecule has 4 nitrogen and oxygen atoms in total. The zero-order chi connectivity index (χ0) is 13.8. The highest BCUT2D eigenvalue weighted by atomic mass is 19.1. The van der Waals surface area contributed by atoms with Crippen LogP contribution in [0.2, 0.25) is 0 Å². The number of aromatic nitrogens is 1. The molecule has 0 spiro atoms. The van der Waals surface area contributed by atoms with E-state index >= 15 is 0 Å². The van der Waals surface area contributed by atoms with Gasteiger partial charge in [-0.3, -0.25) is 10.8 Å². The Morgan fingerprint density at radius 1 is 1.37 bits per heavy atom. The number of hydrogen-bond donors (Lipinski definition) is 2. The zero-order valence-corrected chi connectivity index (χ0v) is 10.9. The number of nitrogens with one attached hydrogen (secondary N) is 1. The minimum Gasteiger partial charge on any atom is -0.495 e. The molecule has 3 N–H and O–H groups in total. The molecule has 0 aliphatic heterocycles. The van der Waals surface area contributed by atoms with Crippen LogP contribution in [0.1, 0.15) is 22.9 Å². The number of aryl methyl sites for hydroxylation is 1. The number of benzene rings is 1. The Morgan fingerprint density at radius 3 is 2.79 bits per heavy atom. The Hall–Kier alpha value is -1.98. The Balaban J connectivity index is 2.50. The van der Waals surface area contributed by atoms with Crippen LogP contribution in [0.15, 0.2) is 36.5 Å². The highest BCUT2D eigenvalue weighted by Crippen LogP contribution is 2.29. The normalized spacial score (nSPS) is 12.2. The fraction of sp³-hybridized carbons (Fsp3) is 0.214. The first-order valence-electron chi connectivity index (χ1n) is 5.88. The Kier molecular flexibility index (Phi) is 4.09. The smallest absolute Gasteiger partial charge is 0.142 e.